The van der Waals surface area contributed by atoms with Gasteiger partial charge in [-0.2, -0.15) is 4.98 Å². The van der Waals surface area contributed by atoms with E-state index in [4.69, 9.17) is 9.84 Å². The summed E-state index contributed by atoms with van der Waals surface area (Å²) in [5.74, 6) is -1.25. The van der Waals surface area contributed by atoms with Gasteiger partial charge in [0.25, 0.3) is 6.43 Å². The number of carbonyl (C=O) groups excluding carboxylic acids is 1. The van der Waals surface area contributed by atoms with Gasteiger partial charge in [0.1, 0.15) is 29.9 Å². The SMILES string of the molecule is COc1nc(N[C@H]2CCN(C(=O)CO)C[C@H]2F)nn2cc(F)c(-c3ccc4nnn([C@@H](C)C(F)F)c4c3)c12. The number of aromatic nitrogens is 6. The van der Waals surface area contributed by atoms with Crippen LogP contribution in [0.4, 0.5) is 23.5 Å². The number of hydrogen-bond acceptors (Lipinski definition) is 8. The van der Waals surface area contributed by atoms with E-state index in [1.54, 1.807) is 12.1 Å². The Morgan fingerprint density at radius 2 is 2.13 bits per heavy atom. The number of anilines is 1. The predicted octanol–water partition coefficient (Wildman–Crippen LogP) is 2.46. The van der Waals surface area contributed by atoms with Gasteiger partial charge in [-0.15, -0.1) is 10.2 Å². The lowest BCUT2D eigenvalue weighted by Crippen LogP contribution is -2.50. The Morgan fingerprint density at radius 1 is 1.34 bits per heavy atom. The smallest absolute Gasteiger partial charge is 0.260 e. The molecule has 15 heteroatoms. The number of piperidine rings is 1. The highest BCUT2D eigenvalue weighted by atomic mass is 19.3. The third-order valence-electron chi connectivity index (χ3n) is 6.60. The van der Waals surface area contributed by atoms with Crippen molar-refractivity contribution in [3.8, 4) is 17.0 Å². The first kappa shape index (κ1) is 25.6. The van der Waals surface area contributed by atoms with E-state index in [-0.39, 0.29) is 42.4 Å². The largest absolute Gasteiger partial charge is 0.479 e. The fourth-order valence-corrected chi connectivity index (χ4v) is 4.56. The lowest BCUT2D eigenvalue weighted by molar-refractivity contribution is -0.136. The number of nitrogens with zero attached hydrogens (tertiary/aromatic N) is 7. The summed E-state index contributed by atoms with van der Waals surface area (Å²) in [7, 11) is 1.34. The van der Waals surface area contributed by atoms with Crippen molar-refractivity contribution in [3.63, 3.8) is 0 Å². The third-order valence-corrected chi connectivity index (χ3v) is 6.60. The average Bonchev–Trinajstić information content (AvgIpc) is 3.47. The normalized spacial score (nSPS) is 18.9. The first-order chi connectivity index (χ1) is 18.2. The summed E-state index contributed by atoms with van der Waals surface area (Å²) in [5, 5.41) is 23.9. The van der Waals surface area contributed by atoms with E-state index in [0.29, 0.717) is 16.6 Å². The summed E-state index contributed by atoms with van der Waals surface area (Å²) >= 11 is 0. The second-order valence-corrected chi connectivity index (χ2v) is 8.96. The fourth-order valence-electron chi connectivity index (χ4n) is 4.56. The molecule has 1 aromatic carbocycles. The molecule has 3 atom stereocenters. The molecule has 0 radical (unpaired) electrons. The average molecular weight is 536 g/mol. The fraction of sp³-hybridized carbons (Fsp3) is 0.435. The van der Waals surface area contributed by atoms with Crippen molar-refractivity contribution < 1.29 is 32.2 Å². The van der Waals surface area contributed by atoms with Gasteiger partial charge in [-0.3, -0.25) is 4.79 Å². The van der Waals surface area contributed by atoms with Gasteiger partial charge in [-0.25, -0.2) is 26.8 Å². The molecule has 2 N–H and O–H groups in total. The molecule has 0 saturated carbocycles. The van der Waals surface area contributed by atoms with Crippen LogP contribution in [-0.2, 0) is 4.79 Å². The van der Waals surface area contributed by atoms with Gasteiger partial charge in [0.15, 0.2) is 5.82 Å². The number of likely N-dealkylation sites (tertiary alicyclic amines) is 1. The van der Waals surface area contributed by atoms with Gasteiger partial charge in [0.2, 0.25) is 17.7 Å². The Kier molecular flexibility index (Phi) is 6.77. The summed E-state index contributed by atoms with van der Waals surface area (Å²) in [6.45, 7) is 0.649. The number of amides is 1. The van der Waals surface area contributed by atoms with Gasteiger partial charge >= 0.3 is 0 Å². The topological polar surface area (TPSA) is 123 Å². The number of nitrogens with one attached hydrogen (secondary N) is 1. The molecule has 0 bridgehead atoms. The Balaban J connectivity index is 1.50. The molecule has 1 saturated heterocycles. The molecule has 4 aromatic rings. The summed E-state index contributed by atoms with van der Waals surface area (Å²) in [6.07, 6.45) is -2.79. The number of alkyl halides is 3. The van der Waals surface area contributed by atoms with Crippen LogP contribution in [0.1, 0.15) is 19.4 Å². The Hall–Kier alpha value is -4.01. The van der Waals surface area contributed by atoms with Crippen LogP contribution in [0.15, 0.2) is 24.4 Å². The van der Waals surface area contributed by atoms with E-state index < -0.39 is 43.0 Å². The summed E-state index contributed by atoms with van der Waals surface area (Å²) in [4.78, 5) is 17.2. The minimum absolute atomic E-state index is 0.00243. The highest BCUT2D eigenvalue weighted by Gasteiger charge is 2.32. The minimum atomic E-state index is -2.68. The maximum Gasteiger partial charge on any atom is 0.260 e. The number of aliphatic hydroxyl groups is 1. The van der Waals surface area contributed by atoms with Crippen molar-refractivity contribution in [2.24, 2.45) is 0 Å². The van der Waals surface area contributed by atoms with E-state index in [1.807, 2.05) is 0 Å². The van der Waals surface area contributed by atoms with Gasteiger partial charge in [-0.05, 0) is 31.0 Å². The van der Waals surface area contributed by atoms with Crippen molar-refractivity contribution in [1.82, 2.24) is 34.5 Å². The molecule has 0 spiro atoms. The Bertz CT molecular complexity index is 1490. The van der Waals surface area contributed by atoms with E-state index >= 15 is 4.39 Å². The molecule has 1 aliphatic heterocycles. The van der Waals surface area contributed by atoms with Crippen molar-refractivity contribution in [2.45, 2.75) is 38.0 Å². The van der Waals surface area contributed by atoms with Crippen LogP contribution >= 0.6 is 0 Å². The Morgan fingerprint density at radius 3 is 2.82 bits per heavy atom. The quantitative estimate of drug-likeness (QED) is 0.346. The van der Waals surface area contributed by atoms with Crippen LogP contribution in [0.3, 0.4) is 0 Å². The minimum Gasteiger partial charge on any atom is -0.479 e. The highest BCUT2D eigenvalue weighted by molar-refractivity contribution is 5.90. The molecule has 4 heterocycles. The molecule has 1 aliphatic rings. The number of carbonyl (C=O) groups is 1. The summed E-state index contributed by atoms with van der Waals surface area (Å²) in [5.41, 5.74) is 1.26. The number of fused-ring (bicyclic) bond motifs is 2. The lowest BCUT2D eigenvalue weighted by Gasteiger charge is -2.34. The van der Waals surface area contributed by atoms with E-state index in [1.165, 1.54) is 29.5 Å². The predicted molar refractivity (Wildman–Crippen MR) is 127 cm³/mol. The molecule has 1 fully saturated rings. The molecule has 202 valence electrons. The van der Waals surface area contributed by atoms with E-state index in [0.717, 1.165) is 10.9 Å². The summed E-state index contributed by atoms with van der Waals surface area (Å²) in [6, 6.07) is 2.66. The molecule has 1 amide bonds. The van der Waals surface area contributed by atoms with Crippen LogP contribution < -0.4 is 10.1 Å². The number of methoxy groups -OCH3 is 1. The maximum atomic E-state index is 15.3. The molecule has 3 aromatic heterocycles. The zero-order chi connectivity index (χ0) is 27.1. The second kappa shape index (κ2) is 10.0. The van der Waals surface area contributed by atoms with Crippen LogP contribution in [0, 0.1) is 5.82 Å². The third kappa shape index (κ3) is 4.46. The monoisotopic (exact) mass is 536 g/mol. The van der Waals surface area contributed by atoms with Gasteiger partial charge in [-0.1, -0.05) is 11.3 Å². The van der Waals surface area contributed by atoms with Crippen LogP contribution in [-0.4, -0.2) is 91.0 Å². The standard InChI is InChI=1S/C23H24F4N8O3/c1-11(21(26)27)35-17-7-12(3-4-16(17)30-32-35)19-14(25)9-34-20(19)22(38-2)29-23(31-34)28-15-5-6-33(8-13(15)24)18(37)10-36/h3-4,7,9,11,13,15,21,36H,5-6,8,10H2,1-2H3,(H,28,31)/t11-,13+,15-/m0/s1. The lowest BCUT2D eigenvalue weighted by atomic mass is 10.0. The van der Waals surface area contributed by atoms with Crippen molar-refractivity contribution >= 4 is 28.4 Å². The number of hydrogen-bond donors (Lipinski definition) is 2. The molecule has 38 heavy (non-hydrogen) atoms. The number of aliphatic hydroxyl groups excluding tert-OH is 1. The number of ether oxygens (including phenoxy) is 1. The molecule has 0 aliphatic carbocycles. The van der Waals surface area contributed by atoms with Crippen LogP contribution in [0.2, 0.25) is 0 Å². The van der Waals surface area contributed by atoms with Gasteiger partial charge < -0.3 is 20.1 Å². The maximum absolute atomic E-state index is 15.3. The van der Waals surface area contributed by atoms with Gasteiger partial charge in [0, 0.05) is 6.54 Å². The Labute approximate surface area is 213 Å². The van der Waals surface area contributed by atoms with E-state index in [2.05, 4.69) is 25.7 Å². The van der Waals surface area contributed by atoms with Crippen LogP contribution in [0.5, 0.6) is 5.88 Å². The first-order valence-corrected chi connectivity index (χ1v) is 11.8. The molecule has 5 rings (SSSR count). The van der Waals surface area contributed by atoms with E-state index in [9.17, 15) is 18.0 Å². The number of halogens is 4. The number of benzene rings is 1. The molecule has 11 nitrogen and oxygen atoms in total. The number of rotatable bonds is 7. The first-order valence-electron chi connectivity index (χ1n) is 11.8. The summed E-state index contributed by atoms with van der Waals surface area (Å²) < 4.78 is 64.4. The zero-order valence-corrected chi connectivity index (χ0v) is 20.4. The molecular formula is C23H24F4N8O3. The van der Waals surface area contributed by atoms with Gasteiger partial charge in [0.05, 0.1) is 37.0 Å². The molecule has 0 unspecified atom stereocenters. The van der Waals surface area contributed by atoms with Crippen LogP contribution in [0.25, 0.3) is 27.7 Å². The highest BCUT2D eigenvalue weighted by Crippen LogP contribution is 2.36. The second-order valence-electron chi connectivity index (χ2n) is 8.96. The van der Waals surface area contributed by atoms with Crippen molar-refractivity contribution in [3.05, 3.63) is 30.2 Å². The van der Waals surface area contributed by atoms with Crippen molar-refractivity contribution in [1.29, 1.82) is 0 Å². The zero-order valence-electron chi connectivity index (χ0n) is 20.4. The molecular weight excluding hydrogens is 512 g/mol. The van der Waals surface area contributed by atoms with Crippen molar-refractivity contribution in [2.75, 3.05) is 32.1 Å².